The van der Waals surface area contributed by atoms with Gasteiger partial charge in [0.2, 0.25) is 5.88 Å². The van der Waals surface area contributed by atoms with Crippen LogP contribution in [0.3, 0.4) is 0 Å². The molecule has 2 aromatic rings. The van der Waals surface area contributed by atoms with Crippen LogP contribution in [0.5, 0.6) is 5.88 Å². The van der Waals surface area contributed by atoms with Crippen LogP contribution in [0.2, 0.25) is 0 Å². The molecule has 30 heavy (non-hydrogen) atoms. The summed E-state index contributed by atoms with van der Waals surface area (Å²) in [5.74, 6) is -1.11. The van der Waals surface area contributed by atoms with Crippen molar-refractivity contribution < 1.29 is 19.1 Å². The number of anilines is 1. The number of Topliss-reactive ketones (excluding diaryl/α,β-unsaturated/α-hetero) is 1. The lowest BCUT2D eigenvalue weighted by Gasteiger charge is -2.39. The van der Waals surface area contributed by atoms with Gasteiger partial charge in [-0.1, -0.05) is 13.8 Å². The number of ether oxygens (including phenoxy) is 1. The number of amides is 2. The van der Waals surface area contributed by atoms with Crippen molar-refractivity contribution in [3.05, 3.63) is 34.8 Å². The van der Waals surface area contributed by atoms with E-state index in [0.29, 0.717) is 17.7 Å². The number of rotatable bonds is 4. The Bertz CT molecular complexity index is 1020. The molecule has 0 spiro atoms. The van der Waals surface area contributed by atoms with E-state index in [4.69, 9.17) is 4.74 Å². The van der Waals surface area contributed by atoms with E-state index in [1.54, 1.807) is 0 Å². The number of likely N-dealkylation sites (N-methyl/N-ethyl adjacent to an activating group) is 1. The van der Waals surface area contributed by atoms with Gasteiger partial charge >= 0.3 is 0 Å². The molecule has 10 heteroatoms. The highest BCUT2D eigenvalue weighted by Gasteiger charge is 2.33. The largest absolute Gasteiger partial charge is 0.456 e. The maximum atomic E-state index is 13.1. The quantitative estimate of drug-likeness (QED) is 0.726. The van der Waals surface area contributed by atoms with Gasteiger partial charge in [-0.2, -0.15) is 5.10 Å². The molecule has 0 radical (unpaired) electrons. The zero-order valence-corrected chi connectivity index (χ0v) is 17.2. The second kappa shape index (κ2) is 7.86. The Hall–Kier alpha value is -3.27. The smallest absolute Gasteiger partial charge is 0.276 e. The number of fused-ring (bicyclic) bond motifs is 2. The first-order valence-electron chi connectivity index (χ1n) is 9.99. The van der Waals surface area contributed by atoms with Crippen molar-refractivity contribution in [3.8, 4) is 5.88 Å². The number of hydrogen-bond acceptors (Lipinski definition) is 7. The number of ketones is 1. The number of carbonyl (C=O) groups is 3. The van der Waals surface area contributed by atoms with E-state index in [-0.39, 0.29) is 35.7 Å². The summed E-state index contributed by atoms with van der Waals surface area (Å²) < 4.78 is 7.32. The Balaban J connectivity index is 1.76. The molecule has 2 aliphatic heterocycles. The zero-order chi connectivity index (χ0) is 21.4. The molecule has 10 nitrogen and oxygen atoms in total. The molecule has 0 atom stereocenters. The van der Waals surface area contributed by atoms with Crippen molar-refractivity contribution in [2.24, 2.45) is 0 Å². The minimum atomic E-state index is -0.505. The third kappa shape index (κ3) is 3.43. The maximum absolute atomic E-state index is 13.1. The van der Waals surface area contributed by atoms with Crippen LogP contribution >= 0.6 is 0 Å². The Labute approximate surface area is 173 Å². The maximum Gasteiger partial charge on any atom is 0.276 e. The predicted octanol–water partition coefficient (Wildman–Crippen LogP) is 1.25. The SMILES string of the molecule is CCc1c2c(nn1C1CN(CC)C1)C(=O)NCOc1ncc(C(C)=O)cc1C(=O)N2. The Kier molecular flexibility index (Phi) is 5.25. The minimum Gasteiger partial charge on any atom is -0.456 e. The number of nitrogens with one attached hydrogen (secondary N) is 2. The molecular weight excluding hydrogens is 388 g/mol. The summed E-state index contributed by atoms with van der Waals surface area (Å²) in [6.45, 7) is 7.93. The van der Waals surface area contributed by atoms with Crippen molar-refractivity contribution in [1.82, 2.24) is 25.0 Å². The highest BCUT2D eigenvalue weighted by molar-refractivity contribution is 6.11. The van der Waals surface area contributed by atoms with Crippen molar-refractivity contribution in [1.29, 1.82) is 0 Å². The first-order valence-corrected chi connectivity index (χ1v) is 9.99. The van der Waals surface area contributed by atoms with E-state index in [1.807, 2.05) is 11.6 Å². The summed E-state index contributed by atoms with van der Waals surface area (Å²) in [6, 6.07) is 1.60. The fourth-order valence-corrected chi connectivity index (χ4v) is 3.71. The number of carbonyl (C=O) groups excluding carboxylic acids is 3. The van der Waals surface area contributed by atoms with Crippen molar-refractivity contribution in [3.63, 3.8) is 0 Å². The van der Waals surface area contributed by atoms with Gasteiger partial charge in [0, 0.05) is 24.8 Å². The number of aromatic nitrogens is 3. The Morgan fingerprint density at radius 2 is 2.03 bits per heavy atom. The van der Waals surface area contributed by atoms with Crippen molar-refractivity contribution >= 4 is 23.3 Å². The van der Waals surface area contributed by atoms with Crippen LogP contribution in [0.4, 0.5) is 5.69 Å². The third-order valence-corrected chi connectivity index (χ3v) is 5.47. The average molecular weight is 412 g/mol. The van der Waals surface area contributed by atoms with E-state index in [1.165, 1.54) is 19.2 Å². The summed E-state index contributed by atoms with van der Waals surface area (Å²) in [5, 5.41) is 10.0. The van der Waals surface area contributed by atoms with Gasteiger partial charge < -0.3 is 15.4 Å². The monoisotopic (exact) mass is 412 g/mol. The van der Waals surface area contributed by atoms with E-state index < -0.39 is 11.8 Å². The fourth-order valence-electron chi connectivity index (χ4n) is 3.71. The molecule has 0 saturated carbocycles. The molecule has 0 aromatic carbocycles. The summed E-state index contributed by atoms with van der Waals surface area (Å²) in [4.78, 5) is 43.9. The highest BCUT2D eigenvalue weighted by Crippen LogP contribution is 2.30. The lowest BCUT2D eigenvalue weighted by Crippen LogP contribution is -2.48. The second-order valence-corrected chi connectivity index (χ2v) is 7.36. The van der Waals surface area contributed by atoms with Gasteiger partial charge in [-0.05, 0) is 26.0 Å². The van der Waals surface area contributed by atoms with Gasteiger partial charge in [-0.3, -0.25) is 24.0 Å². The molecular formula is C20H24N6O4. The van der Waals surface area contributed by atoms with Gasteiger partial charge in [0.05, 0.1) is 17.4 Å². The molecule has 1 fully saturated rings. The lowest BCUT2D eigenvalue weighted by molar-refractivity contribution is 0.0897. The molecule has 4 rings (SSSR count). The van der Waals surface area contributed by atoms with Crippen LogP contribution in [0.15, 0.2) is 12.3 Å². The van der Waals surface area contributed by atoms with Crippen LogP contribution in [0, 0.1) is 0 Å². The third-order valence-electron chi connectivity index (χ3n) is 5.47. The van der Waals surface area contributed by atoms with E-state index in [0.717, 1.165) is 25.3 Å². The van der Waals surface area contributed by atoms with Gasteiger partial charge in [-0.25, -0.2) is 4.98 Å². The van der Waals surface area contributed by atoms with Crippen molar-refractivity contribution in [2.75, 3.05) is 31.7 Å². The standard InChI is InChI=1S/C20H24N6O4/c1-4-15-16-17(24-26(15)13-8-25(5-2)9-13)19(29)22-10-30-20-14(18(28)23-16)6-12(7-21-20)11(3)27/h6-7,13H,4-5,8-10H2,1-3H3,(H,22,29)(H,23,28). The number of likely N-dealkylation sites (tertiary alicyclic amines) is 1. The Morgan fingerprint density at radius 3 is 2.70 bits per heavy atom. The normalized spacial score (nSPS) is 17.2. The number of hydrogen-bond donors (Lipinski definition) is 2. The summed E-state index contributed by atoms with van der Waals surface area (Å²) >= 11 is 0. The van der Waals surface area contributed by atoms with Gasteiger partial charge in [-0.15, -0.1) is 0 Å². The molecule has 4 heterocycles. The van der Waals surface area contributed by atoms with Gasteiger partial charge in [0.25, 0.3) is 11.8 Å². The summed E-state index contributed by atoms with van der Waals surface area (Å²) in [5.41, 5.74) is 1.75. The molecule has 2 aliphatic rings. The molecule has 2 N–H and O–H groups in total. The van der Waals surface area contributed by atoms with E-state index in [2.05, 4.69) is 32.5 Å². The van der Waals surface area contributed by atoms with Crippen LogP contribution in [0.25, 0.3) is 0 Å². The van der Waals surface area contributed by atoms with E-state index in [9.17, 15) is 14.4 Å². The van der Waals surface area contributed by atoms with Gasteiger partial charge in [0.1, 0.15) is 5.56 Å². The van der Waals surface area contributed by atoms with E-state index >= 15 is 0 Å². The first-order chi connectivity index (χ1) is 14.4. The number of pyridine rings is 1. The first kappa shape index (κ1) is 20.0. The van der Waals surface area contributed by atoms with Crippen molar-refractivity contribution in [2.45, 2.75) is 33.2 Å². The van der Waals surface area contributed by atoms with Crippen LogP contribution in [-0.2, 0) is 6.42 Å². The molecule has 0 aliphatic carbocycles. The molecule has 0 unspecified atom stereocenters. The van der Waals surface area contributed by atoms with Crippen LogP contribution in [-0.4, -0.2) is 63.6 Å². The average Bonchev–Trinajstić information content (AvgIpc) is 3.04. The van der Waals surface area contributed by atoms with Crippen LogP contribution in [0.1, 0.15) is 63.7 Å². The minimum absolute atomic E-state index is 0.0456. The predicted molar refractivity (Wildman–Crippen MR) is 108 cm³/mol. The fraction of sp³-hybridized carbons (Fsp3) is 0.450. The Morgan fingerprint density at radius 1 is 1.27 bits per heavy atom. The molecule has 2 amide bonds. The highest BCUT2D eigenvalue weighted by atomic mass is 16.5. The summed E-state index contributed by atoms with van der Waals surface area (Å²) in [6.07, 6.45) is 1.94. The van der Waals surface area contributed by atoms with Gasteiger partial charge in [0.15, 0.2) is 18.2 Å². The lowest BCUT2D eigenvalue weighted by atomic mass is 10.1. The molecule has 158 valence electrons. The molecule has 2 aromatic heterocycles. The zero-order valence-electron chi connectivity index (χ0n) is 17.2. The second-order valence-electron chi connectivity index (χ2n) is 7.36. The summed E-state index contributed by atoms with van der Waals surface area (Å²) in [7, 11) is 0. The topological polar surface area (TPSA) is 118 Å². The molecule has 1 saturated heterocycles. The number of nitrogens with zero attached hydrogens (tertiary/aromatic N) is 4. The van der Waals surface area contributed by atoms with Crippen LogP contribution < -0.4 is 15.4 Å². The molecule has 0 bridgehead atoms.